The lowest BCUT2D eigenvalue weighted by Crippen LogP contribution is -2.37. The van der Waals surface area contributed by atoms with Crippen molar-refractivity contribution in [2.24, 2.45) is 0 Å². The molecule has 1 amide bonds. The normalized spacial score (nSPS) is 11.5. The summed E-state index contributed by atoms with van der Waals surface area (Å²) >= 11 is 0. The summed E-state index contributed by atoms with van der Waals surface area (Å²) in [6.45, 7) is 0.348. The Hall–Kier alpha value is -3.04. The molecule has 6 heteroatoms. The number of nitriles is 1. The molecule has 0 radical (unpaired) electrons. The highest BCUT2D eigenvalue weighted by atomic mass is 16.5. The average molecular weight is 353 g/mol. The molecule has 0 saturated heterocycles. The van der Waals surface area contributed by atoms with Gasteiger partial charge in [-0.15, -0.1) is 0 Å². The molecule has 1 N–H and O–H groups in total. The minimum Gasteiger partial charge on any atom is -0.496 e. The number of carbonyl (C=O) groups is 1. The van der Waals surface area contributed by atoms with Crippen molar-refractivity contribution in [1.29, 1.82) is 5.26 Å². The number of para-hydroxylation sites is 1. The second-order valence-corrected chi connectivity index (χ2v) is 5.95. The first-order chi connectivity index (χ1) is 12.5. The zero-order valence-electron chi connectivity index (χ0n) is 15.2. The standard InChI is InChI=1S/C20H23N3O3/c1-23(2)18(17-6-4-5-7-19(17)25-3)13-22-20(24)14-26-16-10-8-15(12-21)9-11-16/h4-11,18H,13-14H2,1-3H3,(H,22,24)/t18-/m0/s1. The Morgan fingerprint density at radius 1 is 1.19 bits per heavy atom. The van der Waals surface area contributed by atoms with Crippen LogP contribution in [-0.2, 0) is 4.79 Å². The highest BCUT2D eigenvalue weighted by Crippen LogP contribution is 2.27. The van der Waals surface area contributed by atoms with E-state index in [0.29, 0.717) is 17.9 Å². The number of hydrogen-bond acceptors (Lipinski definition) is 5. The molecule has 2 rings (SSSR count). The molecule has 0 aromatic heterocycles. The molecule has 2 aromatic carbocycles. The third-order valence-corrected chi connectivity index (χ3v) is 3.97. The highest BCUT2D eigenvalue weighted by molar-refractivity contribution is 5.77. The molecular weight excluding hydrogens is 330 g/mol. The SMILES string of the molecule is COc1ccccc1[C@H](CNC(=O)COc1ccc(C#N)cc1)N(C)C. The Labute approximate surface area is 153 Å². The van der Waals surface area contributed by atoms with Gasteiger partial charge in [0.15, 0.2) is 6.61 Å². The van der Waals surface area contributed by atoms with Crippen molar-refractivity contribution in [2.45, 2.75) is 6.04 Å². The van der Waals surface area contributed by atoms with Crippen LogP contribution in [0.3, 0.4) is 0 Å². The van der Waals surface area contributed by atoms with Gasteiger partial charge in [0.1, 0.15) is 11.5 Å². The maximum absolute atomic E-state index is 12.1. The van der Waals surface area contributed by atoms with Gasteiger partial charge in [-0.25, -0.2) is 0 Å². The molecule has 2 aromatic rings. The predicted octanol–water partition coefficient (Wildman–Crippen LogP) is 2.36. The van der Waals surface area contributed by atoms with E-state index in [2.05, 4.69) is 5.32 Å². The number of amides is 1. The van der Waals surface area contributed by atoms with E-state index < -0.39 is 0 Å². The highest BCUT2D eigenvalue weighted by Gasteiger charge is 2.19. The van der Waals surface area contributed by atoms with Crippen molar-refractivity contribution >= 4 is 5.91 Å². The van der Waals surface area contributed by atoms with Crippen LogP contribution in [0.15, 0.2) is 48.5 Å². The zero-order chi connectivity index (χ0) is 18.9. The first kappa shape index (κ1) is 19.3. The topological polar surface area (TPSA) is 74.6 Å². The van der Waals surface area contributed by atoms with Gasteiger partial charge < -0.3 is 19.7 Å². The Bertz CT molecular complexity index is 767. The fourth-order valence-corrected chi connectivity index (χ4v) is 2.55. The quantitative estimate of drug-likeness (QED) is 0.789. The van der Waals surface area contributed by atoms with Gasteiger partial charge in [-0.05, 0) is 44.4 Å². The molecule has 6 nitrogen and oxygen atoms in total. The Balaban J connectivity index is 1.92. The van der Waals surface area contributed by atoms with Crippen LogP contribution >= 0.6 is 0 Å². The molecule has 136 valence electrons. The summed E-state index contributed by atoms with van der Waals surface area (Å²) in [6, 6.07) is 16.4. The monoisotopic (exact) mass is 353 g/mol. The van der Waals surface area contributed by atoms with E-state index in [4.69, 9.17) is 14.7 Å². The van der Waals surface area contributed by atoms with Crippen LogP contribution < -0.4 is 14.8 Å². The number of methoxy groups -OCH3 is 1. The zero-order valence-corrected chi connectivity index (χ0v) is 15.2. The molecule has 0 bridgehead atoms. The van der Waals surface area contributed by atoms with Gasteiger partial charge in [0, 0.05) is 12.1 Å². The number of likely N-dealkylation sites (N-methyl/N-ethyl adjacent to an activating group) is 1. The number of carbonyl (C=O) groups excluding carboxylic acids is 1. The lowest BCUT2D eigenvalue weighted by Gasteiger charge is -2.26. The molecular formula is C20H23N3O3. The third kappa shape index (κ3) is 5.23. The third-order valence-electron chi connectivity index (χ3n) is 3.97. The van der Waals surface area contributed by atoms with Crippen LogP contribution in [0.25, 0.3) is 0 Å². The maximum atomic E-state index is 12.1. The van der Waals surface area contributed by atoms with Crippen molar-refractivity contribution in [1.82, 2.24) is 10.2 Å². The summed E-state index contributed by atoms with van der Waals surface area (Å²) in [5.41, 5.74) is 1.56. The summed E-state index contributed by atoms with van der Waals surface area (Å²) in [7, 11) is 5.54. The summed E-state index contributed by atoms with van der Waals surface area (Å²) in [4.78, 5) is 14.1. The lowest BCUT2D eigenvalue weighted by molar-refractivity contribution is -0.123. The first-order valence-corrected chi connectivity index (χ1v) is 8.24. The minimum absolute atomic E-state index is 0.0231. The number of rotatable bonds is 8. The van der Waals surface area contributed by atoms with Gasteiger partial charge in [0.05, 0.1) is 24.8 Å². The fourth-order valence-electron chi connectivity index (χ4n) is 2.55. The molecule has 0 aliphatic rings. The Kier molecular flexibility index (Phi) is 7.01. The van der Waals surface area contributed by atoms with E-state index in [1.165, 1.54) is 0 Å². The first-order valence-electron chi connectivity index (χ1n) is 8.24. The lowest BCUT2D eigenvalue weighted by atomic mass is 10.0. The molecule has 26 heavy (non-hydrogen) atoms. The van der Waals surface area contributed by atoms with Crippen LogP contribution in [0.5, 0.6) is 11.5 Å². The van der Waals surface area contributed by atoms with E-state index in [1.807, 2.05) is 49.3 Å². The van der Waals surface area contributed by atoms with Crippen LogP contribution in [-0.4, -0.2) is 45.2 Å². The van der Waals surface area contributed by atoms with E-state index in [1.54, 1.807) is 31.4 Å². The largest absolute Gasteiger partial charge is 0.496 e. The van der Waals surface area contributed by atoms with Crippen molar-refractivity contribution < 1.29 is 14.3 Å². The Morgan fingerprint density at radius 3 is 2.50 bits per heavy atom. The van der Waals surface area contributed by atoms with Crippen molar-refractivity contribution in [3.8, 4) is 17.6 Å². The molecule has 0 unspecified atom stereocenters. The summed E-state index contributed by atoms with van der Waals surface area (Å²) in [5, 5.41) is 11.7. The number of benzene rings is 2. The average Bonchev–Trinajstić information content (AvgIpc) is 2.67. The van der Waals surface area contributed by atoms with Crippen molar-refractivity contribution in [3.05, 3.63) is 59.7 Å². The molecule has 0 spiro atoms. The molecule has 0 heterocycles. The molecule has 0 aliphatic carbocycles. The summed E-state index contributed by atoms with van der Waals surface area (Å²) in [6.07, 6.45) is 0. The van der Waals surface area contributed by atoms with Gasteiger partial charge in [0.2, 0.25) is 0 Å². The van der Waals surface area contributed by atoms with Gasteiger partial charge in [-0.1, -0.05) is 18.2 Å². The van der Waals surface area contributed by atoms with E-state index in [-0.39, 0.29) is 18.6 Å². The maximum Gasteiger partial charge on any atom is 0.258 e. The second-order valence-electron chi connectivity index (χ2n) is 5.95. The van der Waals surface area contributed by atoms with E-state index in [0.717, 1.165) is 11.3 Å². The number of ether oxygens (including phenoxy) is 2. The summed E-state index contributed by atoms with van der Waals surface area (Å²) in [5.74, 6) is 1.12. The predicted molar refractivity (Wildman–Crippen MR) is 99.1 cm³/mol. The fraction of sp³-hybridized carbons (Fsp3) is 0.300. The van der Waals surface area contributed by atoms with Crippen molar-refractivity contribution in [2.75, 3.05) is 34.4 Å². The van der Waals surface area contributed by atoms with Gasteiger partial charge in [0.25, 0.3) is 5.91 Å². The Morgan fingerprint density at radius 2 is 1.88 bits per heavy atom. The van der Waals surface area contributed by atoms with Crippen molar-refractivity contribution in [3.63, 3.8) is 0 Å². The van der Waals surface area contributed by atoms with E-state index in [9.17, 15) is 4.79 Å². The molecule has 1 atom stereocenters. The van der Waals surface area contributed by atoms with Gasteiger partial charge >= 0.3 is 0 Å². The number of nitrogens with zero attached hydrogens (tertiary/aromatic N) is 2. The number of nitrogens with one attached hydrogen (secondary N) is 1. The van der Waals surface area contributed by atoms with Gasteiger partial charge in [-0.3, -0.25) is 4.79 Å². The van der Waals surface area contributed by atoms with E-state index >= 15 is 0 Å². The molecule has 0 saturated carbocycles. The van der Waals surface area contributed by atoms with Crippen LogP contribution in [0, 0.1) is 11.3 Å². The van der Waals surface area contributed by atoms with Gasteiger partial charge in [-0.2, -0.15) is 5.26 Å². The van der Waals surface area contributed by atoms with Crippen LogP contribution in [0.4, 0.5) is 0 Å². The van der Waals surface area contributed by atoms with Crippen LogP contribution in [0.2, 0.25) is 0 Å². The minimum atomic E-state index is -0.212. The summed E-state index contributed by atoms with van der Waals surface area (Å²) < 4.78 is 10.9. The number of hydrogen-bond donors (Lipinski definition) is 1. The molecule has 0 fully saturated rings. The smallest absolute Gasteiger partial charge is 0.258 e. The molecule has 0 aliphatic heterocycles. The van der Waals surface area contributed by atoms with Crippen LogP contribution in [0.1, 0.15) is 17.2 Å². The second kappa shape index (κ2) is 9.44.